The molecule has 0 N–H and O–H groups in total. The SMILES string of the molecule is N#Cc1ccc(N2CCC(Cn3cnccc3=O)CC2)nc1. The van der Waals surface area contributed by atoms with E-state index < -0.39 is 0 Å². The summed E-state index contributed by atoms with van der Waals surface area (Å²) >= 11 is 0. The molecule has 0 unspecified atom stereocenters. The molecule has 0 bridgehead atoms. The Labute approximate surface area is 128 Å². The Bertz CT molecular complexity index is 723. The van der Waals surface area contributed by atoms with Crippen LogP contribution in [0.4, 0.5) is 5.82 Å². The van der Waals surface area contributed by atoms with Gasteiger partial charge in [-0.3, -0.25) is 9.36 Å². The van der Waals surface area contributed by atoms with E-state index >= 15 is 0 Å². The molecule has 1 saturated heterocycles. The molecule has 0 saturated carbocycles. The van der Waals surface area contributed by atoms with Crippen molar-refractivity contribution in [1.82, 2.24) is 14.5 Å². The summed E-state index contributed by atoms with van der Waals surface area (Å²) in [5, 5.41) is 8.80. The highest BCUT2D eigenvalue weighted by atomic mass is 16.1. The van der Waals surface area contributed by atoms with Gasteiger partial charge in [0.1, 0.15) is 11.9 Å². The predicted octanol–water partition coefficient (Wildman–Crippen LogP) is 1.43. The lowest BCUT2D eigenvalue weighted by molar-refractivity contribution is 0.350. The van der Waals surface area contributed by atoms with Gasteiger partial charge in [-0.15, -0.1) is 0 Å². The standard InChI is InChI=1S/C16H17N5O/c17-9-14-1-2-15(19-10-14)20-7-4-13(5-8-20)11-21-12-18-6-3-16(21)22/h1-3,6,10,12-13H,4-5,7-8,11H2. The number of hydrogen-bond donors (Lipinski definition) is 0. The van der Waals surface area contributed by atoms with E-state index in [1.807, 2.05) is 6.07 Å². The van der Waals surface area contributed by atoms with E-state index in [1.165, 1.54) is 12.3 Å². The highest BCUT2D eigenvalue weighted by Gasteiger charge is 2.20. The molecule has 1 aliphatic rings. The van der Waals surface area contributed by atoms with Gasteiger partial charge in [-0.2, -0.15) is 5.26 Å². The maximum absolute atomic E-state index is 11.7. The third kappa shape index (κ3) is 3.14. The van der Waals surface area contributed by atoms with Crippen molar-refractivity contribution < 1.29 is 0 Å². The molecule has 2 aromatic rings. The van der Waals surface area contributed by atoms with E-state index in [9.17, 15) is 4.79 Å². The zero-order valence-electron chi connectivity index (χ0n) is 12.2. The summed E-state index contributed by atoms with van der Waals surface area (Å²) in [5.74, 6) is 1.40. The first-order chi connectivity index (χ1) is 10.8. The lowest BCUT2D eigenvalue weighted by atomic mass is 9.96. The molecule has 3 heterocycles. The maximum atomic E-state index is 11.7. The minimum absolute atomic E-state index is 0.00573. The highest BCUT2D eigenvalue weighted by molar-refractivity contribution is 5.42. The average molecular weight is 295 g/mol. The molecule has 1 aliphatic heterocycles. The van der Waals surface area contributed by atoms with Crippen LogP contribution in [0.15, 0.2) is 41.7 Å². The van der Waals surface area contributed by atoms with Crippen molar-refractivity contribution >= 4 is 5.82 Å². The minimum atomic E-state index is 0.00573. The van der Waals surface area contributed by atoms with Crippen LogP contribution in [0.3, 0.4) is 0 Å². The molecule has 0 aliphatic carbocycles. The molecule has 0 amide bonds. The van der Waals surface area contributed by atoms with Gasteiger partial charge in [-0.1, -0.05) is 0 Å². The van der Waals surface area contributed by atoms with E-state index in [0.717, 1.165) is 38.3 Å². The van der Waals surface area contributed by atoms with Crippen molar-refractivity contribution in [2.24, 2.45) is 5.92 Å². The molecule has 1 fully saturated rings. The van der Waals surface area contributed by atoms with E-state index in [2.05, 4.69) is 20.9 Å². The number of aromatic nitrogens is 3. The first kappa shape index (κ1) is 14.3. The lowest BCUT2D eigenvalue weighted by Crippen LogP contribution is -2.36. The fourth-order valence-electron chi connectivity index (χ4n) is 2.78. The molecular weight excluding hydrogens is 278 g/mol. The monoisotopic (exact) mass is 295 g/mol. The number of nitriles is 1. The first-order valence-corrected chi connectivity index (χ1v) is 7.38. The van der Waals surface area contributed by atoms with Crippen molar-refractivity contribution in [3.05, 3.63) is 52.8 Å². The zero-order chi connectivity index (χ0) is 15.4. The van der Waals surface area contributed by atoms with Gasteiger partial charge in [0.05, 0.1) is 11.9 Å². The molecule has 112 valence electrons. The number of nitrogens with zero attached hydrogens (tertiary/aromatic N) is 5. The van der Waals surface area contributed by atoms with E-state index in [1.54, 1.807) is 23.2 Å². The molecule has 0 spiro atoms. The van der Waals surface area contributed by atoms with Gasteiger partial charge in [0.25, 0.3) is 5.56 Å². The van der Waals surface area contributed by atoms with Gasteiger partial charge in [-0.05, 0) is 30.9 Å². The summed E-state index contributed by atoms with van der Waals surface area (Å²) < 4.78 is 1.68. The third-order valence-corrected chi connectivity index (χ3v) is 4.06. The Balaban J connectivity index is 1.59. The normalized spacial score (nSPS) is 15.5. The molecule has 3 rings (SSSR count). The molecule has 2 aromatic heterocycles. The van der Waals surface area contributed by atoms with Crippen molar-refractivity contribution in [2.75, 3.05) is 18.0 Å². The van der Waals surface area contributed by atoms with Crippen molar-refractivity contribution in [3.8, 4) is 6.07 Å². The largest absolute Gasteiger partial charge is 0.357 e. The van der Waals surface area contributed by atoms with Crippen LogP contribution in [0.25, 0.3) is 0 Å². The topological polar surface area (TPSA) is 74.8 Å². The average Bonchev–Trinajstić information content (AvgIpc) is 2.58. The number of hydrogen-bond acceptors (Lipinski definition) is 5. The van der Waals surface area contributed by atoms with Gasteiger partial charge in [0.15, 0.2) is 0 Å². The second-order valence-corrected chi connectivity index (χ2v) is 5.52. The fraction of sp³-hybridized carbons (Fsp3) is 0.375. The van der Waals surface area contributed by atoms with Crippen molar-refractivity contribution in [3.63, 3.8) is 0 Å². The zero-order valence-corrected chi connectivity index (χ0v) is 12.2. The summed E-state index contributed by atoms with van der Waals surface area (Å²) in [6.07, 6.45) is 6.78. The summed E-state index contributed by atoms with van der Waals surface area (Å²) in [5.41, 5.74) is 0.584. The van der Waals surface area contributed by atoms with E-state index in [-0.39, 0.29) is 5.56 Å². The van der Waals surface area contributed by atoms with Crippen molar-refractivity contribution in [2.45, 2.75) is 19.4 Å². The highest BCUT2D eigenvalue weighted by Crippen LogP contribution is 2.22. The Kier molecular flexibility index (Phi) is 4.15. The Morgan fingerprint density at radius 1 is 1.27 bits per heavy atom. The molecule has 0 aromatic carbocycles. The smallest absolute Gasteiger partial charge is 0.253 e. The Morgan fingerprint density at radius 2 is 2.09 bits per heavy atom. The second-order valence-electron chi connectivity index (χ2n) is 5.52. The van der Waals surface area contributed by atoms with Gasteiger partial charge in [-0.25, -0.2) is 9.97 Å². The summed E-state index contributed by atoms with van der Waals surface area (Å²) in [4.78, 5) is 22.3. The van der Waals surface area contributed by atoms with Crippen LogP contribution in [0.1, 0.15) is 18.4 Å². The van der Waals surface area contributed by atoms with Gasteiger partial charge < -0.3 is 4.90 Å². The molecule has 0 radical (unpaired) electrons. The van der Waals surface area contributed by atoms with Gasteiger partial charge in [0.2, 0.25) is 0 Å². The fourth-order valence-corrected chi connectivity index (χ4v) is 2.78. The maximum Gasteiger partial charge on any atom is 0.253 e. The second kappa shape index (κ2) is 6.39. The number of piperidine rings is 1. The van der Waals surface area contributed by atoms with E-state index in [4.69, 9.17) is 5.26 Å². The quantitative estimate of drug-likeness (QED) is 0.856. The molecule has 6 nitrogen and oxygen atoms in total. The Hall–Kier alpha value is -2.68. The van der Waals surface area contributed by atoms with Crippen LogP contribution in [0.2, 0.25) is 0 Å². The van der Waals surface area contributed by atoms with Crippen LogP contribution >= 0.6 is 0 Å². The third-order valence-electron chi connectivity index (χ3n) is 4.06. The Morgan fingerprint density at radius 3 is 2.73 bits per heavy atom. The number of pyridine rings is 1. The minimum Gasteiger partial charge on any atom is -0.357 e. The van der Waals surface area contributed by atoms with E-state index in [0.29, 0.717) is 11.5 Å². The van der Waals surface area contributed by atoms with Gasteiger partial charge in [0, 0.05) is 38.1 Å². The van der Waals surface area contributed by atoms with Crippen LogP contribution < -0.4 is 10.5 Å². The number of rotatable bonds is 3. The van der Waals surface area contributed by atoms with Crippen LogP contribution in [-0.2, 0) is 6.54 Å². The van der Waals surface area contributed by atoms with Crippen LogP contribution in [0, 0.1) is 17.2 Å². The predicted molar refractivity (Wildman–Crippen MR) is 82.4 cm³/mol. The van der Waals surface area contributed by atoms with Crippen LogP contribution in [-0.4, -0.2) is 27.6 Å². The van der Waals surface area contributed by atoms with Crippen LogP contribution in [0.5, 0.6) is 0 Å². The summed E-state index contributed by atoms with van der Waals surface area (Å²) in [7, 11) is 0. The van der Waals surface area contributed by atoms with Crippen molar-refractivity contribution in [1.29, 1.82) is 5.26 Å². The molecule has 6 heteroatoms. The number of anilines is 1. The molecule has 22 heavy (non-hydrogen) atoms. The summed E-state index contributed by atoms with van der Waals surface area (Å²) in [6, 6.07) is 7.26. The molecular formula is C16H17N5O. The lowest BCUT2D eigenvalue weighted by Gasteiger charge is -2.32. The van der Waals surface area contributed by atoms with Gasteiger partial charge >= 0.3 is 0 Å². The molecule has 0 atom stereocenters. The summed E-state index contributed by atoms with van der Waals surface area (Å²) in [6.45, 7) is 2.55. The first-order valence-electron chi connectivity index (χ1n) is 7.38.